The van der Waals surface area contributed by atoms with Crippen molar-refractivity contribution in [2.45, 2.75) is 13.8 Å². The van der Waals surface area contributed by atoms with Crippen LogP contribution in [0.4, 0.5) is 17.1 Å². The summed E-state index contributed by atoms with van der Waals surface area (Å²) in [5.41, 5.74) is 12.2. The van der Waals surface area contributed by atoms with Crippen molar-refractivity contribution in [2.75, 3.05) is 11.1 Å². The normalized spacial score (nSPS) is 10.7. The standard InChI is InChI=1S/C17H17N3/c1-11-5-3-7-15(12(11)2)20-16-9-8-14(18)13-6-4-10-19-17(13)16/h3-10,20H,18H2,1-2H3. The summed E-state index contributed by atoms with van der Waals surface area (Å²) in [6.45, 7) is 4.23. The van der Waals surface area contributed by atoms with Gasteiger partial charge < -0.3 is 11.1 Å². The highest BCUT2D eigenvalue weighted by Gasteiger charge is 2.07. The molecule has 0 atom stereocenters. The van der Waals surface area contributed by atoms with E-state index < -0.39 is 0 Å². The third-order valence-corrected chi connectivity index (χ3v) is 3.68. The third kappa shape index (κ3) is 2.07. The highest BCUT2D eigenvalue weighted by molar-refractivity contribution is 5.99. The number of benzene rings is 2. The number of hydrogen-bond donors (Lipinski definition) is 2. The van der Waals surface area contributed by atoms with Gasteiger partial charge in [-0.25, -0.2) is 0 Å². The molecule has 0 aliphatic rings. The van der Waals surface area contributed by atoms with Crippen molar-refractivity contribution in [1.82, 2.24) is 4.98 Å². The van der Waals surface area contributed by atoms with E-state index in [0.717, 1.165) is 28.0 Å². The third-order valence-electron chi connectivity index (χ3n) is 3.68. The van der Waals surface area contributed by atoms with Crippen LogP contribution in [0, 0.1) is 13.8 Å². The SMILES string of the molecule is Cc1cccc(Nc2ccc(N)c3cccnc23)c1C. The van der Waals surface area contributed by atoms with E-state index in [1.54, 1.807) is 6.20 Å². The topological polar surface area (TPSA) is 50.9 Å². The van der Waals surface area contributed by atoms with Gasteiger partial charge in [0.15, 0.2) is 0 Å². The molecular formula is C17H17N3. The first-order valence-corrected chi connectivity index (χ1v) is 6.63. The van der Waals surface area contributed by atoms with E-state index in [9.17, 15) is 0 Å². The molecule has 0 spiro atoms. The second-order valence-electron chi connectivity index (χ2n) is 4.97. The largest absolute Gasteiger partial charge is 0.398 e. The molecule has 0 bridgehead atoms. The predicted molar refractivity (Wildman–Crippen MR) is 85.4 cm³/mol. The second kappa shape index (κ2) is 4.85. The average molecular weight is 263 g/mol. The number of aromatic nitrogens is 1. The van der Waals surface area contributed by atoms with Crippen LogP contribution in [0.1, 0.15) is 11.1 Å². The van der Waals surface area contributed by atoms with Gasteiger partial charge in [0.1, 0.15) is 0 Å². The van der Waals surface area contributed by atoms with E-state index >= 15 is 0 Å². The minimum absolute atomic E-state index is 0.750. The quantitative estimate of drug-likeness (QED) is 0.682. The summed E-state index contributed by atoms with van der Waals surface area (Å²) in [5.74, 6) is 0. The van der Waals surface area contributed by atoms with Gasteiger partial charge in [-0.2, -0.15) is 0 Å². The number of fused-ring (bicyclic) bond motifs is 1. The molecule has 3 nitrogen and oxygen atoms in total. The smallest absolute Gasteiger partial charge is 0.0957 e. The lowest BCUT2D eigenvalue weighted by atomic mass is 10.1. The van der Waals surface area contributed by atoms with Crippen molar-refractivity contribution in [3.63, 3.8) is 0 Å². The van der Waals surface area contributed by atoms with Gasteiger partial charge in [0.2, 0.25) is 0 Å². The van der Waals surface area contributed by atoms with Crippen LogP contribution >= 0.6 is 0 Å². The Morgan fingerprint density at radius 3 is 2.65 bits per heavy atom. The van der Waals surface area contributed by atoms with Crippen LogP contribution in [-0.4, -0.2) is 4.98 Å². The number of anilines is 3. The molecule has 0 amide bonds. The fraction of sp³-hybridized carbons (Fsp3) is 0.118. The molecule has 0 saturated heterocycles. The van der Waals surface area contributed by atoms with Crippen molar-refractivity contribution in [3.8, 4) is 0 Å². The van der Waals surface area contributed by atoms with Crippen molar-refractivity contribution < 1.29 is 0 Å². The molecule has 1 heterocycles. The average Bonchev–Trinajstić information content (AvgIpc) is 2.47. The number of rotatable bonds is 2. The Hall–Kier alpha value is -2.55. The van der Waals surface area contributed by atoms with Crippen LogP contribution in [-0.2, 0) is 0 Å². The van der Waals surface area contributed by atoms with E-state index in [0.29, 0.717) is 0 Å². The Balaban J connectivity index is 2.12. The molecule has 2 aromatic carbocycles. The Labute approximate surface area is 118 Å². The van der Waals surface area contributed by atoms with Crippen LogP contribution in [0.3, 0.4) is 0 Å². The van der Waals surface area contributed by atoms with Crippen molar-refractivity contribution in [1.29, 1.82) is 0 Å². The van der Waals surface area contributed by atoms with Crippen molar-refractivity contribution in [3.05, 3.63) is 59.8 Å². The summed E-state index contributed by atoms with van der Waals surface area (Å²) in [5, 5.41) is 4.44. The zero-order valence-corrected chi connectivity index (χ0v) is 11.6. The molecule has 3 rings (SSSR count). The maximum Gasteiger partial charge on any atom is 0.0957 e. The van der Waals surface area contributed by atoms with E-state index in [1.165, 1.54) is 11.1 Å². The summed E-state index contributed by atoms with van der Waals surface area (Å²) < 4.78 is 0. The van der Waals surface area contributed by atoms with Crippen molar-refractivity contribution in [2.24, 2.45) is 0 Å². The van der Waals surface area contributed by atoms with Gasteiger partial charge in [-0.15, -0.1) is 0 Å². The molecule has 20 heavy (non-hydrogen) atoms. The van der Waals surface area contributed by atoms with Gasteiger partial charge in [0.25, 0.3) is 0 Å². The molecule has 0 fully saturated rings. The Morgan fingerprint density at radius 2 is 1.80 bits per heavy atom. The fourth-order valence-corrected chi connectivity index (χ4v) is 2.33. The first-order chi connectivity index (χ1) is 9.66. The summed E-state index contributed by atoms with van der Waals surface area (Å²) in [4.78, 5) is 4.45. The number of nitrogens with zero attached hydrogens (tertiary/aromatic N) is 1. The highest BCUT2D eigenvalue weighted by Crippen LogP contribution is 2.30. The highest BCUT2D eigenvalue weighted by atomic mass is 14.9. The Bertz CT molecular complexity index is 778. The predicted octanol–water partition coefficient (Wildman–Crippen LogP) is 4.18. The van der Waals surface area contributed by atoms with Crippen LogP contribution in [0.5, 0.6) is 0 Å². The summed E-state index contributed by atoms with van der Waals surface area (Å²) in [6.07, 6.45) is 1.79. The molecule has 0 saturated carbocycles. The number of nitrogens with two attached hydrogens (primary N) is 1. The minimum Gasteiger partial charge on any atom is -0.398 e. The summed E-state index contributed by atoms with van der Waals surface area (Å²) in [6, 6.07) is 14.0. The molecule has 0 aliphatic heterocycles. The van der Waals surface area contributed by atoms with E-state index in [-0.39, 0.29) is 0 Å². The maximum atomic E-state index is 6.00. The fourth-order valence-electron chi connectivity index (χ4n) is 2.33. The first kappa shape index (κ1) is 12.5. The van der Waals surface area contributed by atoms with Gasteiger partial charge in [-0.3, -0.25) is 4.98 Å². The van der Waals surface area contributed by atoms with Gasteiger partial charge in [0.05, 0.1) is 11.2 Å². The molecule has 0 radical (unpaired) electrons. The lowest BCUT2D eigenvalue weighted by Gasteiger charge is -2.13. The first-order valence-electron chi connectivity index (χ1n) is 6.63. The number of nitrogen functional groups attached to an aromatic ring is 1. The van der Waals surface area contributed by atoms with Gasteiger partial charge in [-0.1, -0.05) is 12.1 Å². The van der Waals surface area contributed by atoms with Crippen LogP contribution < -0.4 is 11.1 Å². The Kier molecular flexibility index (Phi) is 3.03. The van der Waals surface area contributed by atoms with E-state index in [1.807, 2.05) is 24.3 Å². The van der Waals surface area contributed by atoms with Crippen molar-refractivity contribution >= 4 is 28.0 Å². The molecule has 3 N–H and O–H groups in total. The molecule has 3 aromatic rings. The Morgan fingerprint density at radius 1 is 0.950 bits per heavy atom. The molecule has 3 heteroatoms. The molecule has 0 unspecified atom stereocenters. The van der Waals surface area contributed by atoms with Crippen LogP contribution in [0.2, 0.25) is 0 Å². The van der Waals surface area contributed by atoms with Gasteiger partial charge in [0, 0.05) is 23.0 Å². The zero-order chi connectivity index (χ0) is 14.1. The second-order valence-corrected chi connectivity index (χ2v) is 4.97. The zero-order valence-electron chi connectivity index (χ0n) is 11.6. The van der Waals surface area contributed by atoms with E-state index in [2.05, 4.69) is 42.3 Å². The van der Waals surface area contributed by atoms with E-state index in [4.69, 9.17) is 5.73 Å². The summed E-state index contributed by atoms with van der Waals surface area (Å²) in [7, 11) is 0. The number of pyridine rings is 1. The molecule has 100 valence electrons. The van der Waals surface area contributed by atoms with Crippen LogP contribution in [0.15, 0.2) is 48.7 Å². The number of hydrogen-bond acceptors (Lipinski definition) is 3. The lowest BCUT2D eigenvalue weighted by Crippen LogP contribution is -1.98. The molecular weight excluding hydrogens is 246 g/mol. The molecule has 0 aliphatic carbocycles. The lowest BCUT2D eigenvalue weighted by molar-refractivity contribution is 1.33. The minimum atomic E-state index is 0.750. The number of aryl methyl sites for hydroxylation is 1. The molecule has 1 aromatic heterocycles. The number of nitrogens with one attached hydrogen (secondary N) is 1. The maximum absolute atomic E-state index is 6.00. The van der Waals surface area contributed by atoms with Gasteiger partial charge in [-0.05, 0) is 55.3 Å². The summed E-state index contributed by atoms with van der Waals surface area (Å²) >= 11 is 0. The van der Waals surface area contributed by atoms with Crippen LogP contribution in [0.25, 0.3) is 10.9 Å². The van der Waals surface area contributed by atoms with Gasteiger partial charge >= 0.3 is 0 Å². The monoisotopic (exact) mass is 263 g/mol.